The summed E-state index contributed by atoms with van der Waals surface area (Å²) < 4.78 is 0. The van der Waals surface area contributed by atoms with E-state index in [2.05, 4.69) is 31.9 Å². The fourth-order valence-corrected chi connectivity index (χ4v) is 5.89. The molecule has 0 aromatic rings. The predicted octanol–water partition coefficient (Wildman–Crippen LogP) is -2.16. The molecule has 0 spiro atoms. The maximum absolute atomic E-state index is 13.8. The third-order valence-corrected chi connectivity index (χ3v) is 8.83. The van der Waals surface area contributed by atoms with Crippen LogP contribution in [0.15, 0.2) is 0 Å². The van der Waals surface area contributed by atoms with Crippen molar-refractivity contribution in [3.8, 4) is 0 Å². The van der Waals surface area contributed by atoms with Crippen LogP contribution < -0.4 is 43.4 Å². The average Bonchev–Trinajstić information content (AvgIpc) is 3.57. The van der Waals surface area contributed by atoms with Crippen LogP contribution >= 0.6 is 0 Å². The zero-order chi connectivity index (χ0) is 41.4. The molecule has 0 radical (unpaired) electrons. The quantitative estimate of drug-likeness (QED) is 0.0572. The highest BCUT2D eigenvalue weighted by Gasteiger charge is 2.39. The number of carbonyl (C=O) groups excluding carboxylic acids is 8. The molecular weight excluding hydrogens is 706 g/mol. The van der Waals surface area contributed by atoms with E-state index in [0.717, 1.165) is 0 Å². The van der Waals surface area contributed by atoms with Crippen molar-refractivity contribution in [3.05, 3.63) is 0 Å². The van der Waals surface area contributed by atoms with E-state index in [-0.39, 0.29) is 50.6 Å². The lowest BCUT2D eigenvalue weighted by molar-refractivity contribution is -0.143. The molecule has 1 heterocycles. The van der Waals surface area contributed by atoms with E-state index >= 15 is 0 Å². The molecule has 0 saturated carbocycles. The Hall–Kier alpha value is -4.81. The highest BCUT2D eigenvalue weighted by atomic mass is 16.4. The maximum atomic E-state index is 13.8. The summed E-state index contributed by atoms with van der Waals surface area (Å²) in [6, 6.07) is -6.76. The van der Waals surface area contributed by atoms with Crippen molar-refractivity contribution in [2.45, 2.75) is 124 Å². The van der Waals surface area contributed by atoms with Gasteiger partial charge in [-0.1, -0.05) is 55.4 Å². The summed E-state index contributed by atoms with van der Waals surface area (Å²) in [5.74, 6) is -8.05. The van der Waals surface area contributed by atoms with Crippen molar-refractivity contribution in [2.75, 3.05) is 19.6 Å². The number of carbonyl (C=O) groups is 9. The predicted molar refractivity (Wildman–Crippen MR) is 196 cm³/mol. The van der Waals surface area contributed by atoms with Crippen molar-refractivity contribution in [1.29, 1.82) is 0 Å². The maximum Gasteiger partial charge on any atom is 0.322 e. The Morgan fingerprint density at radius 1 is 0.704 bits per heavy atom. The van der Waals surface area contributed by atoms with Gasteiger partial charge in [0.1, 0.15) is 42.8 Å². The smallest absolute Gasteiger partial charge is 0.322 e. The van der Waals surface area contributed by atoms with Gasteiger partial charge in [0.2, 0.25) is 47.3 Å². The lowest BCUT2D eigenvalue weighted by Crippen LogP contribution is -2.61. The van der Waals surface area contributed by atoms with Crippen LogP contribution in [0, 0.1) is 23.7 Å². The summed E-state index contributed by atoms with van der Waals surface area (Å²) in [6.07, 6.45) is 0.355. The first-order chi connectivity index (χ1) is 25.1. The highest BCUT2D eigenvalue weighted by molar-refractivity contribution is 5.97. The third kappa shape index (κ3) is 15.3. The minimum absolute atomic E-state index is 0.104. The van der Waals surface area contributed by atoms with E-state index in [1.165, 1.54) is 4.90 Å². The minimum Gasteiger partial charge on any atom is -0.480 e. The highest BCUT2D eigenvalue weighted by Crippen LogP contribution is 2.20. The van der Waals surface area contributed by atoms with Crippen molar-refractivity contribution in [1.82, 2.24) is 36.8 Å². The van der Waals surface area contributed by atoms with Gasteiger partial charge in [-0.25, -0.2) is 0 Å². The van der Waals surface area contributed by atoms with Crippen molar-refractivity contribution in [2.24, 2.45) is 35.1 Å². The molecule has 54 heavy (non-hydrogen) atoms. The van der Waals surface area contributed by atoms with E-state index in [0.29, 0.717) is 6.42 Å². The number of nitrogens with one attached hydrogen (secondary N) is 6. The van der Waals surface area contributed by atoms with Crippen LogP contribution in [0.1, 0.15) is 87.5 Å². The normalized spacial score (nSPS) is 16.9. The number of hydrogen-bond donors (Lipinski definition) is 9. The molecule has 0 aromatic carbocycles. The molecule has 6 atom stereocenters. The number of aliphatic carboxylic acids is 1. The number of nitrogens with zero attached hydrogens (tertiary/aromatic N) is 1. The van der Waals surface area contributed by atoms with Gasteiger partial charge in [0.25, 0.3) is 0 Å². The number of rotatable bonds is 22. The van der Waals surface area contributed by atoms with Gasteiger partial charge in [-0.15, -0.1) is 0 Å². The Morgan fingerprint density at radius 3 is 1.65 bits per heavy atom. The van der Waals surface area contributed by atoms with Crippen LogP contribution in [0.25, 0.3) is 0 Å². The van der Waals surface area contributed by atoms with Gasteiger partial charge in [0.05, 0.1) is 6.54 Å². The third-order valence-electron chi connectivity index (χ3n) is 8.83. The number of nitrogens with two attached hydrogens (primary N) is 2. The number of carboxylic acids is 1. The van der Waals surface area contributed by atoms with E-state index in [9.17, 15) is 43.2 Å². The number of carboxylic acid groups (broad SMARTS) is 1. The fraction of sp³-hybridized carbons (Fsp3) is 0.743. The summed E-state index contributed by atoms with van der Waals surface area (Å²) in [5, 5.41) is 24.4. The van der Waals surface area contributed by atoms with Gasteiger partial charge in [-0.05, 0) is 49.4 Å². The molecule has 11 N–H and O–H groups in total. The van der Waals surface area contributed by atoms with Crippen LogP contribution in [-0.4, -0.2) is 119 Å². The first kappa shape index (κ1) is 47.2. The molecule has 1 fully saturated rings. The largest absolute Gasteiger partial charge is 0.480 e. The minimum atomic E-state index is -1.32. The molecule has 0 bridgehead atoms. The van der Waals surface area contributed by atoms with Gasteiger partial charge in [-0.3, -0.25) is 43.2 Å². The molecule has 19 heteroatoms. The van der Waals surface area contributed by atoms with Crippen molar-refractivity contribution >= 4 is 53.2 Å². The molecule has 1 saturated heterocycles. The number of hydrogen-bond acceptors (Lipinski definition) is 10. The Balaban J connectivity index is 3.26. The van der Waals surface area contributed by atoms with E-state index in [1.54, 1.807) is 41.5 Å². The monoisotopic (exact) mass is 767 g/mol. The SMILES string of the molecule is CC(C)C[C@H](NC(=O)[C@@H](NC(=O)[C@@H](NC(=O)CN)C(C)C)C(C)C)C(=O)N[C@H](C(=O)N[C@@H](CCC(N)=O)C(=O)N1CCC[C@H]1C(=O)NCC(=O)O)C(C)C. The van der Waals surface area contributed by atoms with Gasteiger partial charge < -0.3 is 53.4 Å². The molecule has 1 rings (SSSR count). The summed E-state index contributed by atoms with van der Waals surface area (Å²) in [7, 11) is 0. The van der Waals surface area contributed by atoms with Gasteiger partial charge in [0, 0.05) is 13.0 Å². The Bertz CT molecular complexity index is 1370. The molecule has 1 aliphatic rings. The number of primary amides is 1. The molecule has 306 valence electrons. The van der Waals surface area contributed by atoms with Crippen molar-refractivity contribution in [3.63, 3.8) is 0 Å². The first-order valence-corrected chi connectivity index (χ1v) is 18.4. The second-order valence-corrected chi connectivity index (χ2v) is 15.0. The first-order valence-electron chi connectivity index (χ1n) is 18.4. The summed E-state index contributed by atoms with van der Waals surface area (Å²) in [5.41, 5.74) is 10.7. The number of likely N-dealkylation sites (tertiary alicyclic amines) is 1. The summed E-state index contributed by atoms with van der Waals surface area (Å²) in [4.78, 5) is 117. The standard InChI is InChI=1S/C35H61N9O10/c1-17(2)14-22(40-33(52)29(20(7)8)43-34(53)27(18(3)4)41-25(46)15-36)30(49)42-28(19(5)6)32(51)39-21(11-12-24(37)45)35(54)44-13-9-10-23(44)31(50)38-16-26(47)48/h17-23,27-29H,9-16,36H2,1-8H3,(H2,37,45)(H,38,50)(H,39,51)(H,40,52)(H,41,46)(H,42,49)(H,43,53)(H,47,48)/t21-,22-,23-,27-,28-,29-/m0/s1. The van der Waals surface area contributed by atoms with Crippen LogP contribution in [0.2, 0.25) is 0 Å². The van der Waals surface area contributed by atoms with Gasteiger partial charge in [0.15, 0.2) is 0 Å². The van der Waals surface area contributed by atoms with Gasteiger partial charge >= 0.3 is 5.97 Å². The fourth-order valence-electron chi connectivity index (χ4n) is 5.89. The second kappa shape index (κ2) is 22.4. The van der Waals surface area contributed by atoms with E-state index in [4.69, 9.17) is 16.6 Å². The average molecular weight is 768 g/mol. The summed E-state index contributed by atoms with van der Waals surface area (Å²) in [6.45, 7) is 13.0. The Morgan fingerprint density at radius 2 is 1.19 bits per heavy atom. The van der Waals surface area contributed by atoms with Crippen LogP contribution in [-0.2, 0) is 43.2 Å². The zero-order valence-electron chi connectivity index (χ0n) is 32.7. The lowest BCUT2D eigenvalue weighted by atomic mass is 9.97. The molecule has 0 aromatic heterocycles. The molecule has 8 amide bonds. The Kier molecular flexibility index (Phi) is 19.6. The topological polar surface area (TPSA) is 301 Å². The van der Waals surface area contributed by atoms with Gasteiger partial charge in [-0.2, -0.15) is 0 Å². The van der Waals surface area contributed by atoms with E-state index in [1.807, 2.05) is 13.8 Å². The summed E-state index contributed by atoms with van der Waals surface area (Å²) >= 11 is 0. The Labute approximate surface area is 316 Å². The molecule has 1 aliphatic heterocycles. The zero-order valence-corrected chi connectivity index (χ0v) is 32.7. The molecule has 19 nitrogen and oxygen atoms in total. The van der Waals surface area contributed by atoms with Crippen LogP contribution in [0.3, 0.4) is 0 Å². The molecule has 0 aliphatic carbocycles. The second-order valence-electron chi connectivity index (χ2n) is 15.0. The molecular formula is C35H61N9O10. The van der Waals surface area contributed by atoms with Crippen molar-refractivity contribution < 1.29 is 48.3 Å². The molecule has 0 unspecified atom stereocenters. The lowest BCUT2D eigenvalue weighted by Gasteiger charge is -2.31. The van der Waals surface area contributed by atoms with Crippen LogP contribution in [0.4, 0.5) is 0 Å². The van der Waals surface area contributed by atoms with Crippen LogP contribution in [0.5, 0.6) is 0 Å². The number of amides is 8. The van der Waals surface area contributed by atoms with E-state index < -0.39 is 108 Å².